The highest BCUT2D eigenvalue weighted by atomic mass is 16.6. The lowest BCUT2D eigenvalue weighted by atomic mass is 9.81. The van der Waals surface area contributed by atoms with Gasteiger partial charge in [0.15, 0.2) is 5.71 Å². The quantitative estimate of drug-likeness (QED) is 0.106. The van der Waals surface area contributed by atoms with Gasteiger partial charge in [-0.15, -0.1) is 0 Å². The minimum Gasteiger partial charge on any atom is -0.422 e. The summed E-state index contributed by atoms with van der Waals surface area (Å²) in [5, 5.41) is 11.5. The Balaban J connectivity index is 1.45. The first-order valence-electron chi connectivity index (χ1n) is 16.9. The van der Waals surface area contributed by atoms with E-state index >= 15 is 0 Å². The van der Waals surface area contributed by atoms with Gasteiger partial charge in [0.2, 0.25) is 5.69 Å². The van der Waals surface area contributed by atoms with E-state index < -0.39 is 10.9 Å². The maximum atomic E-state index is 13.6. The number of anilines is 1. The maximum Gasteiger partial charge on any atom is 0.343 e. The Bertz CT molecular complexity index is 1960. The number of hydrogen-bond acceptors (Lipinski definition) is 5. The molecule has 0 amide bonds. The molecule has 246 valence electrons. The number of fused-ring (bicyclic) bond motifs is 2. The molecule has 0 atom stereocenters. The van der Waals surface area contributed by atoms with E-state index in [4.69, 9.17) is 4.74 Å². The van der Waals surface area contributed by atoms with Crippen LogP contribution in [-0.2, 0) is 15.6 Å². The number of para-hydroxylation sites is 2. The third-order valence-corrected chi connectivity index (χ3v) is 10.1. The van der Waals surface area contributed by atoms with Crippen molar-refractivity contribution in [3.63, 3.8) is 0 Å². The highest BCUT2D eigenvalue weighted by Gasteiger charge is 2.43. The molecule has 0 radical (unpaired) electrons. The van der Waals surface area contributed by atoms with E-state index in [2.05, 4.69) is 124 Å². The number of nitro groups is 1. The number of non-ortho nitro benzene ring substituents is 1. The predicted molar refractivity (Wildman–Crippen MR) is 192 cm³/mol. The van der Waals surface area contributed by atoms with Crippen LogP contribution in [0, 0.1) is 10.1 Å². The molecule has 7 nitrogen and oxygen atoms in total. The number of likely N-dealkylation sites (N-methyl/N-ethyl adjacent to an activating group) is 1. The van der Waals surface area contributed by atoms with E-state index in [-0.39, 0.29) is 22.1 Å². The van der Waals surface area contributed by atoms with Crippen LogP contribution in [0.3, 0.4) is 0 Å². The molecule has 0 aromatic heterocycles. The molecule has 1 aliphatic carbocycles. The second-order valence-electron chi connectivity index (χ2n) is 13.6. The zero-order valence-corrected chi connectivity index (χ0v) is 28.7. The van der Waals surface area contributed by atoms with Crippen LogP contribution in [0.25, 0.3) is 0 Å². The van der Waals surface area contributed by atoms with Gasteiger partial charge in [-0.3, -0.25) is 10.1 Å². The standard InChI is InChI=1S/C41H44N3O4/c1-7-42-34-21-11-9-19-32(34)40(3,4)36(42)25-23-28-15-13-16-29(38(28)48-39(45)30-17-14-18-31(27-30)44(46)47)24-26-37-41(5,6)33-20-10-12-22-35(33)43(37)8-2/h9-12,14,17-27H,7-8,13,15-16H2,1-6H3/q+1. The fraction of sp³-hybridized carbons (Fsp3) is 0.317. The molecule has 0 bridgehead atoms. The maximum absolute atomic E-state index is 13.6. The summed E-state index contributed by atoms with van der Waals surface area (Å²) in [4.78, 5) is 27.0. The SMILES string of the molecule is CCN1/C(=C\C=C2\CCCC(/C=C/C3=[N+](CC)c4ccccc4C3(C)C)=C2OC(=O)c2cccc([N+](=O)[O-])c2)C(C)(C)c2ccccc21. The minimum absolute atomic E-state index is 0.145. The van der Waals surface area contributed by atoms with Crippen molar-refractivity contribution >= 4 is 28.7 Å². The summed E-state index contributed by atoms with van der Waals surface area (Å²) in [6.07, 6.45) is 11.0. The second kappa shape index (κ2) is 12.9. The lowest BCUT2D eigenvalue weighted by Gasteiger charge is -2.26. The average Bonchev–Trinajstić information content (AvgIpc) is 3.45. The minimum atomic E-state index is -0.611. The van der Waals surface area contributed by atoms with Crippen LogP contribution in [0.5, 0.6) is 0 Å². The zero-order valence-electron chi connectivity index (χ0n) is 28.7. The molecule has 2 heterocycles. The Morgan fingerprint density at radius 1 is 0.917 bits per heavy atom. The number of benzene rings is 3. The molecule has 6 rings (SSSR count). The van der Waals surface area contributed by atoms with Crippen molar-refractivity contribution in [3.8, 4) is 0 Å². The molecule has 3 aromatic rings. The summed E-state index contributed by atoms with van der Waals surface area (Å²) in [6.45, 7) is 15.0. The largest absolute Gasteiger partial charge is 0.422 e. The lowest BCUT2D eigenvalue weighted by Crippen LogP contribution is -2.27. The van der Waals surface area contributed by atoms with Gasteiger partial charge in [0, 0.05) is 53.2 Å². The smallest absolute Gasteiger partial charge is 0.343 e. The van der Waals surface area contributed by atoms with Crippen molar-refractivity contribution in [2.75, 3.05) is 18.0 Å². The molecule has 0 fully saturated rings. The Labute approximate surface area is 283 Å². The van der Waals surface area contributed by atoms with Crippen molar-refractivity contribution < 1.29 is 19.0 Å². The molecule has 3 aliphatic rings. The predicted octanol–water partition coefficient (Wildman–Crippen LogP) is 9.47. The van der Waals surface area contributed by atoms with Crippen molar-refractivity contribution in [2.45, 2.75) is 71.6 Å². The molecule has 0 N–H and O–H groups in total. The number of carbonyl (C=O) groups is 1. The Kier molecular flexibility index (Phi) is 8.82. The highest BCUT2D eigenvalue weighted by molar-refractivity contribution is 6.03. The number of rotatable bonds is 8. The molecule has 0 unspecified atom stereocenters. The number of nitro benzene ring substituents is 1. The molecule has 3 aromatic carbocycles. The van der Waals surface area contributed by atoms with Crippen LogP contribution in [0.1, 0.15) is 82.3 Å². The number of allylic oxidation sites excluding steroid dienone is 7. The zero-order chi connectivity index (χ0) is 34.2. The van der Waals surface area contributed by atoms with Crippen LogP contribution >= 0.6 is 0 Å². The van der Waals surface area contributed by atoms with Gasteiger partial charge >= 0.3 is 5.97 Å². The van der Waals surface area contributed by atoms with Crippen LogP contribution in [-0.4, -0.2) is 34.3 Å². The molecule has 7 heteroatoms. The van der Waals surface area contributed by atoms with Crippen molar-refractivity contribution in [3.05, 3.63) is 147 Å². The topological polar surface area (TPSA) is 75.7 Å². The highest BCUT2D eigenvalue weighted by Crippen LogP contribution is 2.48. The first-order valence-corrected chi connectivity index (χ1v) is 16.9. The van der Waals surface area contributed by atoms with Gasteiger partial charge in [0.05, 0.1) is 15.9 Å². The summed E-state index contributed by atoms with van der Waals surface area (Å²) in [5.74, 6) is -0.0838. The molecular formula is C41H44N3O4+. The summed E-state index contributed by atoms with van der Waals surface area (Å²) in [5.41, 5.74) is 8.83. The molecule has 0 saturated carbocycles. The van der Waals surface area contributed by atoms with E-state index in [0.29, 0.717) is 5.76 Å². The number of esters is 1. The number of hydrogen-bond donors (Lipinski definition) is 0. The van der Waals surface area contributed by atoms with Crippen LogP contribution < -0.4 is 4.90 Å². The van der Waals surface area contributed by atoms with Gasteiger partial charge in [0.25, 0.3) is 5.69 Å². The molecule has 0 spiro atoms. The first kappa shape index (κ1) is 32.9. The third-order valence-electron chi connectivity index (χ3n) is 10.1. The van der Waals surface area contributed by atoms with Crippen molar-refractivity contribution in [1.82, 2.24) is 0 Å². The van der Waals surface area contributed by atoms with E-state index in [1.807, 2.05) is 0 Å². The average molecular weight is 643 g/mol. The van der Waals surface area contributed by atoms with Gasteiger partial charge in [0.1, 0.15) is 12.3 Å². The van der Waals surface area contributed by atoms with Crippen LogP contribution in [0.15, 0.2) is 120 Å². The monoisotopic (exact) mass is 642 g/mol. The molecule has 0 saturated heterocycles. The van der Waals surface area contributed by atoms with Gasteiger partial charge in [-0.25, -0.2) is 4.79 Å². The normalized spacial score (nSPS) is 19.8. The Hall–Kier alpha value is -5.04. The molecule has 2 aliphatic heterocycles. The van der Waals surface area contributed by atoms with Crippen molar-refractivity contribution in [1.29, 1.82) is 0 Å². The van der Waals surface area contributed by atoms with E-state index in [1.54, 1.807) is 6.07 Å². The summed E-state index contributed by atoms with van der Waals surface area (Å²) in [6, 6.07) is 22.8. The van der Waals surface area contributed by atoms with Gasteiger partial charge < -0.3 is 9.64 Å². The number of nitrogens with zero attached hydrogens (tertiary/aromatic N) is 3. The number of ether oxygens (including phenoxy) is 1. The summed E-state index contributed by atoms with van der Waals surface area (Å²) in [7, 11) is 0. The van der Waals surface area contributed by atoms with Gasteiger partial charge in [-0.2, -0.15) is 4.58 Å². The van der Waals surface area contributed by atoms with E-state index in [9.17, 15) is 14.9 Å². The Morgan fingerprint density at radius 3 is 2.38 bits per heavy atom. The van der Waals surface area contributed by atoms with E-state index in [1.165, 1.54) is 52.1 Å². The molecule has 48 heavy (non-hydrogen) atoms. The van der Waals surface area contributed by atoms with Gasteiger partial charge in [-0.05, 0) is 88.0 Å². The number of carbonyl (C=O) groups excluding carboxylic acids is 1. The fourth-order valence-electron chi connectivity index (χ4n) is 7.57. The van der Waals surface area contributed by atoms with Crippen LogP contribution in [0.4, 0.5) is 17.1 Å². The molecular weight excluding hydrogens is 598 g/mol. The third kappa shape index (κ3) is 5.72. The van der Waals surface area contributed by atoms with Gasteiger partial charge in [-0.1, -0.05) is 62.4 Å². The van der Waals surface area contributed by atoms with Crippen LogP contribution in [0.2, 0.25) is 0 Å². The fourth-order valence-corrected chi connectivity index (χ4v) is 7.57. The van der Waals surface area contributed by atoms with Crippen molar-refractivity contribution in [2.24, 2.45) is 0 Å². The first-order chi connectivity index (χ1) is 23.0. The lowest BCUT2D eigenvalue weighted by molar-refractivity contribution is -0.433. The van der Waals surface area contributed by atoms with E-state index in [0.717, 1.165) is 43.5 Å². The Morgan fingerprint density at radius 2 is 1.65 bits per heavy atom. The second-order valence-corrected chi connectivity index (χ2v) is 13.6. The summed E-state index contributed by atoms with van der Waals surface area (Å²) < 4.78 is 8.59. The summed E-state index contributed by atoms with van der Waals surface area (Å²) >= 11 is 0.